The highest BCUT2D eigenvalue weighted by atomic mass is 16.5. The molecule has 0 aliphatic heterocycles. The van der Waals surface area contributed by atoms with Crippen LogP contribution in [0.5, 0.6) is 0 Å². The van der Waals surface area contributed by atoms with Crippen molar-refractivity contribution in [1.29, 1.82) is 0 Å². The van der Waals surface area contributed by atoms with Crippen LogP contribution in [-0.2, 0) is 9.53 Å². The molecule has 0 spiro atoms. The molecule has 0 aromatic carbocycles. The number of rotatable bonds is 3. The van der Waals surface area contributed by atoms with Crippen LogP contribution in [0.2, 0.25) is 0 Å². The van der Waals surface area contributed by atoms with Crippen LogP contribution in [0.25, 0.3) is 0 Å². The van der Waals surface area contributed by atoms with Crippen molar-refractivity contribution >= 4 is 5.97 Å². The molecule has 0 saturated heterocycles. The molecule has 3 heteroatoms. The van der Waals surface area contributed by atoms with E-state index in [4.69, 9.17) is 4.74 Å². The predicted octanol–water partition coefficient (Wildman–Crippen LogP) is 5.05. The van der Waals surface area contributed by atoms with Gasteiger partial charge in [-0.15, -0.1) is 0 Å². The Bertz CT molecular complexity index is 650. The molecule has 3 nitrogen and oxygen atoms in total. The molecule has 0 heterocycles. The van der Waals surface area contributed by atoms with E-state index in [0.717, 1.165) is 30.6 Å². The Hall–Kier alpha value is -1.09. The molecule has 0 aromatic heterocycles. The van der Waals surface area contributed by atoms with E-state index in [-0.39, 0.29) is 18.7 Å². The number of ether oxygens (including phenoxy) is 1. The second-order valence-corrected chi connectivity index (χ2v) is 10.1. The number of carbonyl (C=O) groups excluding carboxylic acids is 1. The number of esters is 1. The van der Waals surface area contributed by atoms with Gasteiger partial charge in [-0.1, -0.05) is 32.1 Å². The Balaban J connectivity index is 1.51. The highest BCUT2D eigenvalue weighted by Crippen LogP contribution is 2.66. The van der Waals surface area contributed by atoms with Crippen molar-refractivity contribution < 1.29 is 14.6 Å². The molecule has 4 rings (SSSR count). The summed E-state index contributed by atoms with van der Waals surface area (Å²) in [6.45, 7) is 6.70. The number of carbonyl (C=O) groups is 1. The van der Waals surface area contributed by atoms with Crippen LogP contribution >= 0.6 is 0 Å². The number of aliphatic hydroxyl groups excluding tert-OH is 1. The zero-order valence-corrected chi connectivity index (χ0v) is 17.2. The maximum atomic E-state index is 11.4. The minimum Gasteiger partial charge on any atom is -0.463 e. The average molecular weight is 373 g/mol. The van der Waals surface area contributed by atoms with Gasteiger partial charge in [0.25, 0.3) is 0 Å². The summed E-state index contributed by atoms with van der Waals surface area (Å²) in [5.74, 6) is 3.00. The van der Waals surface area contributed by atoms with E-state index in [2.05, 4.69) is 26.0 Å². The zero-order chi connectivity index (χ0) is 19.2. The molecule has 4 aliphatic carbocycles. The van der Waals surface area contributed by atoms with E-state index < -0.39 is 0 Å². The Kier molecular flexibility index (Phi) is 5.03. The summed E-state index contributed by atoms with van der Waals surface area (Å²) in [4.78, 5) is 11.4. The van der Waals surface area contributed by atoms with E-state index in [1.165, 1.54) is 44.1 Å². The standard InChI is InChI=1S/C24H36O3/c1-16(26)27-19-10-12-24(3)18(15-19)6-8-20-21-9-7-17(5-4-14-25)23(21,2)13-11-22(20)24/h4-5,7,18-22,25H,6,8-15H2,1-3H3/b5-4+/t18-,19?,20?,21?,22?,23?,24?/m0/s1. The Morgan fingerprint density at radius 3 is 2.78 bits per heavy atom. The molecule has 0 radical (unpaired) electrons. The monoisotopic (exact) mass is 372 g/mol. The quantitative estimate of drug-likeness (QED) is 0.706. The van der Waals surface area contributed by atoms with Crippen molar-refractivity contribution in [3.05, 3.63) is 23.8 Å². The fourth-order valence-corrected chi connectivity index (χ4v) is 7.60. The first-order valence-corrected chi connectivity index (χ1v) is 11.0. The molecule has 1 N–H and O–H groups in total. The van der Waals surface area contributed by atoms with Gasteiger partial charge in [0.15, 0.2) is 0 Å². The summed E-state index contributed by atoms with van der Waals surface area (Å²) < 4.78 is 5.58. The molecule has 3 saturated carbocycles. The van der Waals surface area contributed by atoms with Crippen LogP contribution < -0.4 is 0 Å². The molecule has 7 atom stereocenters. The molecule has 150 valence electrons. The van der Waals surface area contributed by atoms with E-state index in [1.54, 1.807) is 6.92 Å². The lowest BCUT2D eigenvalue weighted by molar-refractivity contribution is -0.158. The summed E-state index contributed by atoms with van der Waals surface area (Å²) >= 11 is 0. The van der Waals surface area contributed by atoms with E-state index in [1.807, 2.05) is 6.08 Å². The van der Waals surface area contributed by atoms with Gasteiger partial charge in [-0.2, -0.15) is 0 Å². The second kappa shape index (κ2) is 7.06. The normalized spacial score (nSPS) is 46.4. The highest BCUT2D eigenvalue weighted by molar-refractivity contribution is 5.66. The number of hydrogen-bond donors (Lipinski definition) is 1. The van der Waals surface area contributed by atoms with Gasteiger partial charge >= 0.3 is 5.97 Å². The van der Waals surface area contributed by atoms with Gasteiger partial charge in [0, 0.05) is 6.92 Å². The van der Waals surface area contributed by atoms with Crippen molar-refractivity contribution in [2.24, 2.45) is 34.5 Å². The fraction of sp³-hybridized carbons (Fsp3) is 0.792. The maximum Gasteiger partial charge on any atom is 0.302 e. The molecule has 3 fully saturated rings. The first kappa shape index (κ1) is 19.2. The lowest BCUT2D eigenvalue weighted by atomic mass is 9.44. The van der Waals surface area contributed by atoms with Crippen LogP contribution in [0.1, 0.15) is 72.1 Å². The minimum absolute atomic E-state index is 0.119. The lowest BCUT2D eigenvalue weighted by Gasteiger charge is -2.60. The summed E-state index contributed by atoms with van der Waals surface area (Å²) in [7, 11) is 0. The molecule has 0 amide bonds. The van der Waals surface area contributed by atoms with Crippen LogP contribution in [0.4, 0.5) is 0 Å². The second-order valence-electron chi connectivity index (χ2n) is 10.1. The van der Waals surface area contributed by atoms with Gasteiger partial charge in [0.2, 0.25) is 0 Å². The SMILES string of the molecule is CC(=O)OC1CCC2(C)C3CCC4(C)C(/C=C/CO)=CCC4C3CC[C@H]2C1. The van der Waals surface area contributed by atoms with Crippen LogP contribution in [0.15, 0.2) is 23.8 Å². The van der Waals surface area contributed by atoms with Gasteiger partial charge in [-0.05, 0) is 91.4 Å². The van der Waals surface area contributed by atoms with E-state index >= 15 is 0 Å². The fourth-order valence-electron chi connectivity index (χ4n) is 7.60. The maximum absolute atomic E-state index is 11.4. The smallest absolute Gasteiger partial charge is 0.302 e. The van der Waals surface area contributed by atoms with Gasteiger partial charge in [-0.3, -0.25) is 4.79 Å². The van der Waals surface area contributed by atoms with E-state index in [9.17, 15) is 9.90 Å². The summed E-state index contributed by atoms with van der Waals surface area (Å²) in [5.41, 5.74) is 2.18. The lowest BCUT2D eigenvalue weighted by Crippen LogP contribution is -2.53. The van der Waals surface area contributed by atoms with Crippen LogP contribution in [0.3, 0.4) is 0 Å². The average Bonchev–Trinajstić information content (AvgIpc) is 2.96. The third-order valence-corrected chi connectivity index (χ3v) is 8.99. The molecule has 4 aliphatic rings. The van der Waals surface area contributed by atoms with Crippen molar-refractivity contribution in [2.75, 3.05) is 6.61 Å². The molecule has 0 bridgehead atoms. The number of hydrogen-bond acceptors (Lipinski definition) is 3. The summed E-state index contributed by atoms with van der Waals surface area (Å²) in [6.07, 6.45) is 16.4. The number of aliphatic hydroxyl groups is 1. The van der Waals surface area contributed by atoms with Crippen molar-refractivity contribution in [3.63, 3.8) is 0 Å². The zero-order valence-electron chi connectivity index (χ0n) is 17.2. The third-order valence-electron chi connectivity index (χ3n) is 8.99. The van der Waals surface area contributed by atoms with Crippen molar-refractivity contribution in [1.82, 2.24) is 0 Å². The first-order chi connectivity index (χ1) is 12.9. The highest BCUT2D eigenvalue weighted by Gasteiger charge is 2.58. The van der Waals surface area contributed by atoms with Gasteiger partial charge in [-0.25, -0.2) is 0 Å². The number of fused-ring (bicyclic) bond motifs is 5. The topological polar surface area (TPSA) is 46.5 Å². The van der Waals surface area contributed by atoms with Crippen molar-refractivity contribution in [3.8, 4) is 0 Å². The Morgan fingerprint density at radius 2 is 2.04 bits per heavy atom. The number of allylic oxidation sites excluding steroid dienone is 3. The van der Waals surface area contributed by atoms with E-state index in [0.29, 0.717) is 16.7 Å². The molecular formula is C24H36O3. The largest absolute Gasteiger partial charge is 0.463 e. The van der Waals surface area contributed by atoms with Gasteiger partial charge in [0.05, 0.1) is 6.61 Å². The molecule has 0 aromatic rings. The minimum atomic E-state index is -0.119. The van der Waals surface area contributed by atoms with Crippen LogP contribution in [0, 0.1) is 34.5 Å². The molecular weight excluding hydrogens is 336 g/mol. The third kappa shape index (κ3) is 3.10. The van der Waals surface area contributed by atoms with Crippen molar-refractivity contribution in [2.45, 2.75) is 78.2 Å². The Morgan fingerprint density at radius 1 is 1.22 bits per heavy atom. The van der Waals surface area contributed by atoms with Gasteiger partial charge < -0.3 is 9.84 Å². The van der Waals surface area contributed by atoms with Crippen LogP contribution in [-0.4, -0.2) is 23.8 Å². The summed E-state index contributed by atoms with van der Waals surface area (Å²) in [6, 6.07) is 0. The molecule has 6 unspecified atom stereocenters. The molecule has 27 heavy (non-hydrogen) atoms. The Labute approximate surface area is 164 Å². The predicted molar refractivity (Wildman–Crippen MR) is 107 cm³/mol. The summed E-state index contributed by atoms with van der Waals surface area (Å²) in [5, 5.41) is 9.19. The first-order valence-electron chi connectivity index (χ1n) is 11.0. The van der Waals surface area contributed by atoms with Gasteiger partial charge in [0.1, 0.15) is 6.10 Å².